The second-order valence-corrected chi connectivity index (χ2v) is 5.81. The predicted octanol–water partition coefficient (Wildman–Crippen LogP) is 3.82. The largest absolute Gasteiger partial charge is 0.326 e. The number of carbonyl (C=O) groups excluding carboxylic acids is 3. The van der Waals surface area contributed by atoms with Gasteiger partial charge in [0, 0.05) is 22.0 Å². The minimum absolute atomic E-state index is 0.0970. The molecule has 0 atom stereocenters. The molecule has 5 nitrogen and oxygen atoms in total. The third kappa shape index (κ3) is 4.93. The summed E-state index contributed by atoms with van der Waals surface area (Å²) in [6.07, 6.45) is -0.337. The van der Waals surface area contributed by atoms with Gasteiger partial charge in [-0.05, 0) is 43.7 Å². The van der Waals surface area contributed by atoms with E-state index < -0.39 is 11.8 Å². The smallest absolute Gasteiger partial charge is 0.233 e. The maximum Gasteiger partial charge on any atom is 0.233 e. The third-order valence-electron chi connectivity index (χ3n) is 3.35. The predicted molar refractivity (Wildman–Crippen MR) is 94.5 cm³/mol. The molecule has 2 rings (SSSR count). The Morgan fingerprint density at radius 1 is 1.00 bits per heavy atom. The molecule has 0 aliphatic heterocycles. The maximum atomic E-state index is 12.0. The molecule has 0 aliphatic rings. The van der Waals surface area contributed by atoms with Crippen LogP contribution in [-0.4, -0.2) is 17.6 Å². The number of Topliss-reactive ketones (excluding diaryl/α,β-unsaturated/α-hetero) is 1. The average molecular weight is 345 g/mol. The van der Waals surface area contributed by atoms with Gasteiger partial charge in [0.05, 0.1) is 0 Å². The number of hydrogen-bond donors (Lipinski definition) is 2. The molecule has 0 aliphatic carbocycles. The second kappa shape index (κ2) is 7.75. The molecule has 0 radical (unpaired) electrons. The molecule has 0 spiro atoms. The molecular formula is C18H17ClN2O3. The van der Waals surface area contributed by atoms with Gasteiger partial charge in [-0.2, -0.15) is 0 Å². The SMILES string of the molecule is CC(=O)c1cccc(NC(=O)CC(=O)Nc2cc(Cl)ccc2C)c1. The van der Waals surface area contributed by atoms with Crippen molar-refractivity contribution in [2.75, 3.05) is 10.6 Å². The number of anilines is 2. The number of ketones is 1. The Labute approximate surface area is 145 Å². The van der Waals surface area contributed by atoms with Crippen molar-refractivity contribution in [3.63, 3.8) is 0 Å². The Morgan fingerprint density at radius 3 is 2.42 bits per heavy atom. The monoisotopic (exact) mass is 344 g/mol. The summed E-state index contributed by atoms with van der Waals surface area (Å²) in [6.45, 7) is 3.28. The summed E-state index contributed by atoms with van der Waals surface area (Å²) in [5.74, 6) is -1.01. The van der Waals surface area contributed by atoms with Crippen LogP contribution in [0.4, 0.5) is 11.4 Å². The van der Waals surface area contributed by atoms with Gasteiger partial charge in [-0.25, -0.2) is 0 Å². The van der Waals surface area contributed by atoms with E-state index in [0.29, 0.717) is 22.0 Å². The molecule has 2 amide bonds. The van der Waals surface area contributed by atoms with E-state index in [0.717, 1.165) is 5.56 Å². The number of halogens is 1. The van der Waals surface area contributed by atoms with E-state index in [9.17, 15) is 14.4 Å². The Morgan fingerprint density at radius 2 is 1.71 bits per heavy atom. The Hall–Kier alpha value is -2.66. The lowest BCUT2D eigenvalue weighted by Crippen LogP contribution is -2.21. The summed E-state index contributed by atoms with van der Waals surface area (Å²) in [4.78, 5) is 35.3. The van der Waals surface area contributed by atoms with Crippen LogP contribution in [0, 0.1) is 6.92 Å². The number of nitrogens with one attached hydrogen (secondary N) is 2. The van der Waals surface area contributed by atoms with Crippen LogP contribution in [0.1, 0.15) is 29.3 Å². The standard InChI is InChI=1S/C18H17ClN2O3/c1-11-6-7-14(19)9-16(11)21-18(24)10-17(23)20-15-5-3-4-13(8-15)12(2)22/h3-9H,10H2,1-2H3,(H,20,23)(H,21,24). The summed E-state index contributed by atoms with van der Waals surface area (Å²) in [6, 6.07) is 11.7. The van der Waals surface area contributed by atoms with Gasteiger partial charge in [-0.3, -0.25) is 14.4 Å². The maximum absolute atomic E-state index is 12.0. The van der Waals surface area contributed by atoms with Crippen LogP contribution in [0.15, 0.2) is 42.5 Å². The zero-order chi connectivity index (χ0) is 17.7. The number of amides is 2. The lowest BCUT2D eigenvalue weighted by Gasteiger charge is -2.09. The van der Waals surface area contributed by atoms with Gasteiger partial charge in [0.15, 0.2) is 5.78 Å². The van der Waals surface area contributed by atoms with E-state index in [2.05, 4.69) is 10.6 Å². The number of hydrogen-bond acceptors (Lipinski definition) is 3. The first-order valence-electron chi connectivity index (χ1n) is 7.32. The van der Waals surface area contributed by atoms with Crippen LogP contribution in [0.25, 0.3) is 0 Å². The fourth-order valence-electron chi connectivity index (χ4n) is 2.09. The summed E-state index contributed by atoms with van der Waals surface area (Å²) in [5.41, 5.74) is 2.38. The highest BCUT2D eigenvalue weighted by Gasteiger charge is 2.12. The van der Waals surface area contributed by atoms with E-state index >= 15 is 0 Å². The van der Waals surface area contributed by atoms with Gasteiger partial charge in [0.1, 0.15) is 6.42 Å². The van der Waals surface area contributed by atoms with Gasteiger partial charge in [0.2, 0.25) is 11.8 Å². The molecule has 124 valence electrons. The number of rotatable bonds is 5. The van der Waals surface area contributed by atoms with Crippen LogP contribution >= 0.6 is 11.6 Å². The van der Waals surface area contributed by atoms with Crippen molar-refractivity contribution in [3.05, 3.63) is 58.6 Å². The molecule has 0 saturated carbocycles. The van der Waals surface area contributed by atoms with E-state index in [1.807, 2.05) is 6.92 Å². The zero-order valence-electron chi connectivity index (χ0n) is 13.4. The van der Waals surface area contributed by atoms with Gasteiger partial charge >= 0.3 is 0 Å². The van der Waals surface area contributed by atoms with E-state index in [1.54, 1.807) is 42.5 Å². The molecule has 2 aromatic carbocycles. The van der Waals surface area contributed by atoms with Gasteiger partial charge in [0.25, 0.3) is 0 Å². The third-order valence-corrected chi connectivity index (χ3v) is 3.58. The molecule has 2 aromatic rings. The van der Waals surface area contributed by atoms with Crippen molar-refractivity contribution in [2.45, 2.75) is 20.3 Å². The van der Waals surface area contributed by atoms with Crippen molar-refractivity contribution in [1.82, 2.24) is 0 Å². The minimum Gasteiger partial charge on any atom is -0.326 e. The normalized spacial score (nSPS) is 10.1. The van der Waals surface area contributed by atoms with Gasteiger partial charge in [-0.1, -0.05) is 29.8 Å². The number of carbonyl (C=O) groups is 3. The highest BCUT2D eigenvalue weighted by atomic mass is 35.5. The molecule has 0 aromatic heterocycles. The number of benzene rings is 2. The molecule has 0 saturated heterocycles. The lowest BCUT2D eigenvalue weighted by atomic mass is 10.1. The van der Waals surface area contributed by atoms with Crippen molar-refractivity contribution < 1.29 is 14.4 Å². The lowest BCUT2D eigenvalue weighted by molar-refractivity contribution is -0.123. The number of aryl methyl sites for hydroxylation is 1. The van der Waals surface area contributed by atoms with Crippen LogP contribution in [0.2, 0.25) is 5.02 Å². The first kappa shape index (κ1) is 17.7. The van der Waals surface area contributed by atoms with Crippen LogP contribution in [0.3, 0.4) is 0 Å². The van der Waals surface area contributed by atoms with Crippen molar-refractivity contribution in [3.8, 4) is 0 Å². The summed E-state index contributed by atoms with van der Waals surface area (Å²) in [5, 5.41) is 5.76. The molecular weight excluding hydrogens is 328 g/mol. The topological polar surface area (TPSA) is 75.3 Å². The van der Waals surface area contributed by atoms with E-state index in [1.165, 1.54) is 6.92 Å². The Bertz CT molecular complexity index is 803. The first-order chi connectivity index (χ1) is 11.3. The molecule has 0 bridgehead atoms. The molecule has 0 fully saturated rings. The second-order valence-electron chi connectivity index (χ2n) is 5.37. The van der Waals surface area contributed by atoms with Crippen LogP contribution in [-0.2, 0) is 9.59 Å². The van der Waals surface area contributed by atoms with E-state index in [-0.39, 0.29) is 12.2 Å². The van der Waals surface area contributed by atoms with Crippen LogP contribution in [0.5, 0.6) is 0 Å². The van der Waals surface area contributed by atoms with E-state index in [4.69, 9.17) is 11.6 Å². The Balaban J connectivity index is 1.97. The van der Waals surface area contributed by atoms with Gasteiger partial charge in [-0.15, -0.1) is 0 Å². The molecule has 24 heavy (non-hydrogen) atoms. The molecule has 2 N–H and O–H groups in total. The molecule has 0 unspecified atom stereocenters. The van der Waals surface area contributed by atoms with Gasteiger partial charge < -0.3 is 10.6 Å². The fourth-order valence-corrected chi connectivity index (χ4v) is 2.26. The first-order valence-corrected chi connectivity index (χ1v) is 7.70. The summed E-state index contributed by atoms with van der Waals surface area (Å²) >= 11 is 5.90. The van der Waals surface area contributed by atoms with Crippen LogP contribution < -0.4 is 10.6 Å². The summed E-state index contributed by atoms with van der Waals surface area (Å²) in [7, 11) is 0. The fraction of sp³-hybridized carbons (Fsp3) is 0.167. The quantitative estimate of drug-likeness (QED) is 0.639. The van der Waals surface area contributed by atoms with Crippen molar-refractivity contribution >= 4 is 40.6 Å². The zero-order valence-corrected chi connectivity index (χ0v) is 14.1. The van der Waals surface area contributed by atoms with Crippen molar-refractivity contribution in [1.29, 1.82) is 0 Å². The minimum atomic E-state index is -0.465. The summed E-state index contributed by atoms with van der Waals surface area (Å²) < 4.78 is 0. The highest BCUT2D eigenvalue weighted by molar-refractivity contribution is 6.31. The Kier molecular flexibility index (Phi) is 5.71. The highest BCUT2D eigenvalue weighted by Crippen LogP contribution is 2.20. The molecule has 0 heterocycles. The van der Waals surface area contributed by atoms with Crippen molar-refractivity contribution in [2.24, 2.45) is 0 Å². The molecule has 6 heteroatoms. The average Bonchev–Trinajstić information content (AvgIpc) is 2.51.